The zero-order valence-corrected chi connectivity index (χ0v) is 12.8. The molecule has 2 aromatic carbocycles. The van der Waals surface area contributed by atoms with Crippen LogP contribution in [0.4, 0.5) is 18.9 Å². The average molecular weight is 321 g/mol. The van der Waals surface area contributed by atoms with E-state index in [1.807, 2.05) is 24.3 Å². The summed E-state index contributed by atoms with van der Waals surface area (Å²) in [6.07, 6.45) is -2.69. The molecule has 0 spiro atoms. The number of alkyl halides is 3. The molecule has 0 unspecified atom stereocenters. The molecule has 122 valence electrons. The monoisotopic (exact) mass is 321 g/mol. The summed E-state index contributed by atoms with van der Waals surface area (Å²) in [6.45, 7) is 2.07. The number of aryl methyl sites for hydroxylation is 2. The van der Waals surface area contributed by atoms with E-state index < -0.39 is 11.7 Å². The van der Waals surface area contributed by atoms with Gasteiger partial charge in [-0.15, -0.1) is 0 Å². The molecule has 23 heavy (non-hydrogen) atoms. The molecule has 1 amide bonds. The first-order valence-electron chi connectivity index (χ1n) is 7.43. The van der Waals surface area contributed by atoms with Gasteiger partial charge >= 0.3 is 6.18 Å². The van der Waals surface area contributed by atoms with Gasteiger partial charge in [-0.25, -0.2) is 0 Å². The molecule has 0 aliphatic heterocycles. The van der Waals surface area contributed by atoms with Gasteiger partial charge in [0, 0.05) is 12.1 Å². The van der Waals surface area contributed by atoms with Gasteiger partial charge in [-0.1, -0.05) is 37.3 Å². The van der Waals surface area contributed by atoms with E-state index in [-0.39, 0.29) is 18.0 Å². The number of hydrogen-bond donors (Lipinski definition) is 1. The number of carbonyl (C=O) groups excluding carboxylic acids is 1. The van der Waals surface area contributed by atoms with Crippen LogP contribution in [0, 0.1) is 0 Å². The van der Waals surface area contributed by atoms with E-state index in [0.717, 1.165) is 24.1 Å². The topological polar surface area (TPSA) is 29.1 Å². The molecule has 0 radical (unpaired) electrons. The molecule has 0 aromatic heterocycles. The van der Waals surface area contributed by atoms with Crippen LogP contribution in [0.2, 0.25) is 0 Å². The van der Waals surface area contributed by atoms with Crippen LogP contribution < -0.4 is 5.32 Å². The minimum Gasteiger partial charge on any atom is -0.326 e. The van der Waals surface area contributed by atoms with Crippen molar-refractivity contribution >= 4 is 11.6 Å². The molecule has 2 rings (SSSR count). The van der Waals surface area contributed by atoms with Crippen molar-refractivity contribution in [2.45, 2.75) is 32.4 Å². The van der Waals surface area contributed by atoms with Crippen LogP contribution in [0.25, 0.3) is 0 Å². The lowest BCUT2D eigenvalue weighted by molar-refractivity contribution is -0.137. The Morgan fingerprint density at radius 1 is 1.04 bits per heavy atom. The second-order valence-corrected chi connectivity index (χ2v) is 5.30. The molecule has 2 nitrogen and oxygen atoms in total. The van der Waals surface area contributed by atoms with Crippen LogP contribution in [0.15, 0.2) is 48.5 Å². The Balaban J connectivity index is 1.91. The fraction of sp³-hybridized carbons (Fsp3) is 0.278. The van der Waals surface area contributed by atoms with Crippen LogP contribution in [0.1, 0.15) is 30.0 Å². The van der Waals surface area contributed by atoms with E-state index in [1.165, 1.54) is 17.7 Å². The molecule has 0 saturated heterocycles. The lowest BCUT2D eigenvalue weighted by atomic mass is 10.1. The first kappa shape index (κ1) is 17.1. The Morgan fingerprint density at radius 3 is 2.30 bits per heavy atom. The highest BCUT2D eigenvalue weighted by atomic mass is 19.4. The fourth-order valence-corrected chi connectivity index (χ4v) is 2.20. The molecule has 0 atom stereocenters. The Kier molecular flexibility index (Phi) is 5.42. The Labute approximate surface area is 133 Å². The molecule has 0 aliphatic carbocycles. The largest absolute Gasteiger partial charge is 0.416 e. The lowest BCUT2D eigenvalue weighted by Gasteiger charge is -2.10. The van der Waals surface area contributed by atoms with Gasteiger partial charge in [0.05, 0.1) is 5.56 Å². The van der Waals surface area contributed by atoms with Crippen molar-refractivity contribution in [3.63, 3.8) is 0 Å². The van der Waals surface area contributed by atoms with Crippen LogP contribution in [0.3, 0.4) is 0 Å². The summed E-state index contributed by atoms with van der Waals surface area (Å²) in [5, 5.41) is 2.51. The van der Waals surface area contributed by atoms with Crippen LogP contribution in [-0.4, -0.2) is 5.91 Å². The average Bonchev–Trinajstić information content (AvgIpc) is 2.53. The SMILES string of the molecule is CCc1ccc(CCC(=O)Nc2cccc(C(F)(F)F)c2)cc1. The molecule has 2 aromatic rings. The number of carbonyl (C=O) groups is 1. The van der Waals surface area contributed by atoms with E-state index in [0.29, 0.717) is 6.42 Å². The Morgan fingerprint density at radius 2 is 1.70 bits per heavy atom. The number of anilines is 1. The predicted octanol–water partition coefficient (Wildman–Crippen LogP) is 4.84. The lowest BCUT2D eigenvalue weighted by Crippen LogP contribution is -2.13. The summed E-state index contributed by atoms with van der Waals surface area (Å²) in [7, 11) is 0. The Bertz CT molecular complexity index is 663. The van der Waals surface area contributed by atoms with Crippen LogP contribution >= 0.6 is 0 Å². The molecule has 1 N–H and O–H groups in total. The third-order valence-electron chi connectivity index (χ3n) is 3.55. The first-order chi connectivity index (χ1) is 10.9. The number of hydrogen-bond acceptors (Lipinski definition) is 1. The zero-order valence-electron chi connectivity index (χ0n) is 12.8. The fourth-order valence-electron chi connectivity index (χ4n) is 2.20. The smallest absolute Gasteiger partial charge is 0.326 e. The highest BCUT2D eigenvalue weighted by molar-refractivity contribution is 5.90. The second kappa shape index (κ2) is 7.31. The quantitative estimate of drug-likeness (QED) is 0.839. The zero-order chi connectivity index (χ0) is 16.9. The standard InChI is InChI=1S/C18H18F3NO/c1-2-13-6-8-14(9-7-13)10-11-17(23)22-16-5-3-4-15(12-16)18(19,20)21/h3-9,12H,2,10-11H2,1H3,(H,22,23). The number of nitrogens with one attached hydrogen (secondary N) is 1. The van der Waals surface area contributed by atoms with Gasteiger partial charge in [0.25, 0.3) is 0 Å². The van der Waals surface area contributed by atoms with Crippen molar-refractivity contribution in [2.24, 2.45) is 0 Å². The van der Waals surface area contributed by atoms with Gasteiger partial charge in [-0.05, 0) is 42.2 Å². The molecule has 5 heteroatoms. The molecular formula is C18H18F3NO. The van der Waals surface area contributed by atoms with Gasteiger partial charge in [0.15, 0.2) is 0 Å². The second-order valence-electron chi connectivity index (χ2n) is 5.30. The molecule has 0 fully saturated rings. The minimum atomic E-state index is -4.41. The van der Waals surface area contributed by atoms with Gasteiger partial charge < -0.3 is 5.32 Å². The maximum Gasteiger partial charge on any atom is 0.416 e. The first-order valence-corrected chi connectivity index (χ1v) is 7.43. The molecule has 0 aliphatic rings. The summed E-state index contributed by atoms with van der Waals surface area (Å²) >= 11 is 0. The predicted molar refractivity (Wildman–Crippen MR) is 84.2 cm³/mol. The number of amides is 1. The maximum absolute atomic E-state index is 12.6. The van der Waals surface area contributed by atoms with Crippen molar-refractivity contribution in [2.75, 3.05) is 5.32 Å². The van der Waals surface area contributed by atoms with Crippen molar-refractivity contribution in [3.05, 3.63) is 65.2 Å². The van der Waals surface area contributed by atoms with Gasteiger partial charge in [0.1, 0.15) is 0 Å². The van der Waals surface area contributed by atoms with Crippen molar-refractivity contribution in [1.82, 2.24) is 0 Å². The van der Waals surface area contributed by atoms with E-state index in [4.69, 9.17) is 0 Å². The summed E-state index contributed by atoms with van der Waals surface area (Å²) in [5.41, 5.74) is 1.64. The van der Waals surface area contributed by atoms with Crippen molar-refractivity contribution < 1.29 is 18.0 Å². The summed E-state index contributed by atoms with van der Waals surface area (Å²) < 4.78 is 37.9. The van der Waals surface area contributed by atoms with Gasteiger partial charge in [0.2, 0.25) is 5.91 Å². The third-order valence-corrected chi connectivity index (χ3v) is 3.55. The van der Waals surface area contributed by atoms with E-state index in [2.05, 4.69) is 12.2 Å². The highest BCUT2D eigenvalue weighted by Crippen LogP contribution is 2.30. The molecule has 0 heterocycles. The number of rotatable bonds is 5. The van der Waals surface area contributed by atoms with E-state index in [1.54, 1.807) is 0 Å². The summed E-state index contributed by atoms with van der Waals surface area (Å²) in [4.78, 5) is 11.9. The van der Waals surface area contributed by atoms with Crippen LogP contribution in [-0.2, 0) is 23.8 Å². The van der Waals surface area contributed by atoms with E-state index in [9.17, 15) is 18.0 Å². The summed E-state index contributed by atoms with van der Waals surface area (Å²) in [6, 6.07) is 12.6. The summed E-state index contributed by atoms with van der Waals surface area (Å²) in [5.74, 6) is -0.302. The number of benzene rings is 2. The maximum atomic E-state index is 12.6. The van der Waals surface area contributed by atoms with Gasteiger partial charge in [-0.2, -0.15) is 13.2 Å². The Hall–Kier alpha value is -2.30. The molecule has 0 saturated carbocycles. The molecular weight excluding hydrogens is 303 g/mol. The third kappa shape index (κ3) is 5.13. The van der Waals surface area contributed by atoms with Crippen molar-refractivity contribution in [3.8, 4) is 0 Å². The molecule has 0 bridgehead atoms. The van der Waals surface area contributed by atoms with Crippen molar-refractivity contribution in [1.29, 1.82) is 0 Å². The minimum absolute atomic E-state index is 0.158. The highest BCUT2D eigenvalue weighted by Gasteiger charge is 2.30. The van der Waals surface area contributed by atoms with E-state index >= 15 is 0 Å². The normalized spacial score (nSPS) is 11.3. The van der Waals surface area contributed by atoms with Gasteiger partial charge in [-0.3, -0.25) is 4.79 Å². The number of halogens is 3. The van der Waals surface area contributed by atoms with Crippen LogP contribution in [0.5, 0.6) is 0 Å².